The Morgan fingerprint density at radius 2 is 1.67 bits per heavy atom. The fourth-order valence-electron chi connectivity index (χ4n) is 2.28. The molecule has 0 radical (unpaired) electrons. The van der Waals surface area contributed by atoms with Crippen molar-refractivity contribution in [1.82, 2.24) is 4.98 Å². The number of para-hydroxylation sites is 1. The van der Waals surface area contributed by atoms with E-state index in [9.17, 15) is 0 Å². The molecule has 1 aliphatic rings. The van der Waals surface area contributed by atoms with Gasteiger partial charge in [0.1, 0.15) is 0 Å². The van der Waals surface area contributed by atoms with Crippen LogP contribution in [0.25, 0.3) is 0 Å². The second kappa shape index (κ2) is 4.98. The second-order valence-electron chi connectivity index (χ2n) is 4.58. The van der Waals surface area contributed by atoms with Gasteiger partial charge in [0.05, 0.1) is 5.69 Å². The minimum Gasteiger partial charge on any atom is -0.368 e. The molecule has 1 aromatic heterocycles. The molecule has 0 N–H and O–H groups in total. The van der Waals surface area contributed by atoms with Crippen molar-refractivity contribution in [2.24, 2.45) is 0 Å². The predicted octanol–water partition coefficient (Wildman–Crippen LogP) is 2.78. The first kappa shape index (κ1) is 11.5. The highest BCUT2D eigenvalue weighted by molar-refractivity contribution is 7.13. The average molecular weight is 259 g/mol. The van der Waals surface area contributed by atoms with E-state index < -0.39 is 0 Å². The molecule has 0 spiro atoms. The van der Waals surface area contributed by atoms with Gasteiger partial charge in [-0.1, -0.05) is 18.2 Å². The minimum atomic E-state index is 1.06. The molecule has 94 valence electrons. The van der Waals surface area contributed by atoms with E-state index in [1.807, 2.05) is 0 Å². The smallest absolute Gasteiger partial charge is 0.185 e. The number of thiazole rings is 1. The largest absolute Gasteiger partial charge is 0.368 e. The van der Waals surface area contributed by atoms with Crippen LogP contribution in [0.3, 0.4) is 0 Å². The van der Waals surface area contributed by atoms with Crippen molar-refractivity contribution < 1.29 is 0 Å². The number of hydrogen-bond donors (Lipinski definition) is 0. The topological polar surface area (TPSA) is 19.4 Å². The molecule has 0 amide bonds. The van der Waals surface area contributed by atoms with Crippen molar-refractivity contribution in [1.29, 1.82) is 0 Å². The van der Waals surface area contributed by atoms with Gasteiger partial charge in [-0.3, -0.25) is 0 Å². The molecular formula is C14H17N3S. The van der Waals surface area contributed by atoms with E-state index >= 15 is 0 Å². The molecule has 1 aromatic carbocycles. The van der Waals surface area contributed by atoms with Crippen LogP contribution in [0.1, 0.15) is 5.69 Å². The van der Waals surface area contributed by atoms with Gasteiger partial charge in [-0.05, 0) is 19.1 Å². The quantitative estimate of drug-likeness (QED) is 0.826. The Labute approximate surface area is 112 Å². The van der Waals surface area contributed by atoms with Crippen molar-refractivity contribution in [3.05, 3.63) is 41.4 Å². The van der Waals surface area contributed by atoms with Gasteiger partial charge < -0.3 is 9.80 Å². The first-order chi connectivity index (χ1) is 8.83. The second-order valence-corrected chi connectivity index (χ2v) is 5.42. The molecule has 3 rings (SSSR count). The summed E-state index contributed by atoms with van der Waals surface area (Å²) in [4.78, 5) is 9.39. The van der Waals surface area contributed by atoms with Crippen molar-refractivity contribution >= 4 is 22.2 Å². The third-order valence-electron chi connectivity index (χ3n) is 3.28. The van der Waals surface area contributed by atoms with Gasteiger partial charge in [-0.2, -0.15) is 0 Å². The van der Waals surface area contributed by atoms with E-state index in [0.29, 0.717) is 0 Å². The van der Waals surface area contributed by atoms with E-state index in [2.05, 4.69) is 57.4 Å². The summed E-state index contributed by atoms with van der Waals surface area (Å²) in [7, 11) is 0. The lowest BCUT2D eigenvalue weighted by Gasteiger charge is -2.35. The monoisotopic (exact) mass is 259 g/mol. The van der Waals surface area contributed by atoms with Crippen LogP contribution < -0.4 is 9.80 Å². The molecule has 3 nitrogen and oxygen atoms in total. The normalized spacial score (nSPS) is 16.1. The highest BCUT2D eigenvalue weighted by Gasteiger charge is 2.18. The molecule has 18 heavy (non-hydrogen) atoms. The zero-order valence-electron chi connectivity index (χ0n) is 10.5. The van der Waals surface area contributed by atoms with E-state index in [0.717, 1.165) is 31.9 Å². The maximum atomic E-state index is 4.56. The Kier molecular flexibility index (Phi) is 3.19. The Bertz CT molecular complexity index is 501. The number of aryl methyl sites for hydroxylation is 1. The van der Waals surface area contributed by atoms with Crippen molar-refractivity contribution in [2.75, 3.05) is 36.0 Å². The summed E-state index contributed by atoms with van der Waals surface area (Å²) in [5, 5.41) is 3.29. The summed E-state index contributed by atoms with van der Waals surface area (Å²) < 4.78 is 0. The first-order valence-corrected chi connectivity index (χ1v) is 7.18. The molecule has 4 heteroatoms. The number of hydrogen-bond acceptors (Lipinski definition) is 4. The summed E-state index contributed by atoms with van der Waals surface area (Å²) in [5.41, 5.74) is 2.45. The van der Waals surface area contributed by atoms with E-state index in [-0.39, 0.29) is 0 Å². The molecule has 0 aliphatic carbocycles. The molecule has 1 saturated heterocycles. The number of nitrogens with zero attached hydrogens (tertiary/aromatic N) is 3. The predicted molar refractivity (Wildman–Crippen MR) is 77.7 cm³/mol. The standard InChI is InChI=1S/C14H17N3S/c1-12-11-18-14(15-12)17-9-7-16(8-10-17)13-5-3-2-4-6-13/h2-6,11H,7-10H2,1H3. The van der Waals surface area contributed by atoms with Gasteiger partial charge in [0.25, 0.3) is 0 Å². The Hall–Kier alpha value is -1.55. The van der Waals surface area contributed by atoms with Gasteiger partial charge >= 0.3 is 0 Å². The lowest BCUT2D eigenvalue weighted by molar-refractivity contribution is 0.652. The molecule has 0 saturated carbocycles. The lowest BCUT2D eigenvalue weighted by Crippen LogP contribution is -2.46. The van der Waals surface area contributed by atoms with Crippen LogP contribution in [0.15, 0.2) is 35.7 Å². The lowest BCUT2D eigenvalue weighted by atomic mass is 10.2. The summed E-state index contributed by atoms with van der Waals surface area (Å²) in [5.74, 6) is 0. The fourth-order valence-corrected chi connectivity index (χ4v) is 3.14. The van der Waals surface area contributed by atoms with Crippen LogP contribution in [0, 0.1) is 6.92 Å². The third-order valence-corrected chi connectivity index (χ3v) is 4.30. The average Bonchev–Trinajstić information content (AvgIpc) is 2.87. The van der Waals surface area contributed by atoms with Crippen LogP contribution >= 0.6 is 11.3 Å². The highest BCUT2D eigenvalue weighted by atomic mass is 32.1. The Morgan fingerprint density at radius 3 is 2.28 bits per heavy atom. The Morgan fingerprint density at radius 1 is 1.00 bits per heavy atom. The van der Waals surface area contributed by atoms with Gasteiger partial charge in [0, 0.05) is 37.2 Å². The van der Waals surface area contributed by atoms with Gasteiger partial charge in [0.15, 0.2) is 5.13 Å². The van der Waals surface area contributed by atoms with E-state index in [4.69, 9.17) is 0 Å². The molecule has 1 aliphatic heterocycles. The summed E-state index contributed by atoms with van der Waals surface area (Å²) >= 11 is 1.75. The maximum absolute atomic E-state index is 4.56. The zero-order valence-corrected chi connectivity index (χ0v) is 11.4. The fraction of sp³-hybridized carbons (Fsp3) is 0.357. The molecule has 0 atom stereocenters. The molecule has 2 aromatic rings. The molecule has 0 unspecified atom stereocenters. The zero-order chi connectivity index (χ0) is 12.4. The summed E-state index contributed by atoms with van der Waals surface area (Å²) in [6, 6.07) is 10.6. The molecule has 2 heterocycles. The number of rotatable bonds is 2. The van der Waals surface area contributed by atoms with Gasteiger partial charge in [-0.15, -0.1) is 11.3 Å². The van der Waals surface area contributed by atoms with Gasteiger partial charge in [0.2, 0.25) is 0 Å². The van der Waals surface area contributed by atoms with Crippen LogP contribution in [0.2, 0.25) is 0 Å². The number of benzene rings is 1. The number of aromatic nitrogens is 1. The third kappa shape index (κ3) is 2.34. The summed E-state index contributed by atoms with van der Waals surface area (Å²) in [6.07, 6.45) is 0. The van der Waals surface area contributed by atoms with Crippen molar-refractivity contribution in [3.63, 3.8) is 0 Å². The number of piperazine rings is 1. The molecular weight excluding hydrogens is 242 g/mol. The van der Waals surface area contributed by atoms with Gasteiger partial charge in [-0.25, -0.2) is 4.98 Å². The SMILES string of the molecule is Cc1csc(N2CCN(c3ccccc3)CC2)n1. The van der Waals surface area contributed by atoms with E-state index in [1.54, 1.807) is 11.3 Å². The minimum absolute atomic E-state index is 1.06. The summed E-state index contributed by atoms with van der Waals surface area (Å²) in [6.45, 7) is 6.31. The van der Waals surface area contributed by atoms with E-state index in [1.165, 1.54) is 10.8 Å². The molecule has 0 bridgehead atoms. The molecule has 1 fully saturated rings. The van der Waals surface area contributed by atoms with Crippen LogP contribution in [0.4, 0.5) is 10.8 Å². The van der Waals surface area contributed by atoms with Crippen molar-refractivity contribution in [3.8, 4) is 0 Å². The van der Waals surface area contributed by atoms with Crippen LogP contribution in [-0.4, -0.2) is 31.2 Å². The Balaban J connectivity index is 1.65. The van der Waals surface area contributed by atoms with Crippen molar-refractivity contribution in [2.45, 2.75) is 6.92 Å². The number of anilines is 2. The van der Waals surface area contributed by atoms with Crippen LogP contribution in [0.5, 0.6) is 0 Å². The van der Waals surface area contributed by atoms with Crippen LogP contribution in [-0.2, 0) is 0 Å². The highest BCUT2D eigenvalue weighted by Crippen LogP contribution is 2.23. The first-order valence-electron chi connectivity index (χ1n) is 6.30. The maximum Gasteiger partial charge on any atom is 0.185 e.